The van der Waals surface area contributed by atoms with E-state index >= 15 is 0 Å². The Morgan fingerprint density at radius 3 is 2.44 bits per heavy atom. The molecule has 0 aliphatic rings. The van der Waals surface area contributed by atoms with Gasteiger partial charge in [0.15, 0.2) is 11.6 Å². The molecule has 0 aliphatic carbocycles. The lowest BCUT2D eigenvalue weighted by Crippen LogP contribution is -2.16. The fourth-order valence-electron chi connectivity index (χ4n) is 3.76. The molecule has 0 unspecified atom stereocenters. The minimum atomic E-state index is -0.280. The Hall–Kier alpha value is -4.20. The molecule has 1 amide bonds. The number of para-hydroxylation sites is 1. The Labute approximate surface area is 197 Å². The van der Waals surface area contributed by atoms with E-state index in [2.05, 4.69) is 10.4 Å². The van der Waals surface area contributed by atoms with E-state index in [1.807, 2.05) is 38.1 Å². The van der Waals surface area contributed by atoms with E-state index in [9.17, 15) is 9.59 Å². The molecule has 2 aromatic heterocycles. The van der Waals surface area contributed by atoms with E-state index in [-0.39, 0.29) is 24.5 Å². The van der Waals surface area contributed by atoms with E-state index in [0.717, 1.165) is 22.2 Å². The van der Waals surface area contributed by atoms with Gasteiger partial charge in [0.25, 0.3) is 0 Å². The summed E-state index contributed by atoms with van der Waals surface area (Å²) >= 11 is 0. The molecular weight excluding hydrogens is 432 g/mol. The molecule has 0 aliphatic heterocycles. The van der Waals surface area contributed by atoms with Crippen molar-refractivity contribution >= 4 is 28.4 Å². The second-order valence-corrected chi connectivity index (χ2v) is 7.94. The van der Waals surface area contributed by atoms with Gasteiger partial charge in [-0.05, 0) is 55.8 Å². The van der Waals surface area contributed by atoms with E-state index in [1.54, 1.807) is 49.2 Å². The Balaban J connectivity index is 1.52. The number of fused-ring (bicyclic) bond motifs is 1. The van der Waals surface area contributed by atoms with Crippen LogP contribution in [0, 0.1) is 13.8 Å². The maximum absolute atomic E-state index is 12.7. The number of nitrogens with one attached hydrogen (secondary N) is 1. The molecule has 1 N–H and O–H groups in total. The maximum Gasteiger partial charge on any atom is 0.225 e. The number of aryl methyl sites for hydroxylation is 2. The first-order valence-electron chi connectivity index (χ1n) is 10.9. The third kappa shape index (κ3) is 4.76. The van der Waals surface area contributed by atoms with Gasteiger partial charge in [-0.2, -0.15) is 9.78 Å². The molecule has 4 rings (SSSR count). The summed E-state index contributed by atoms with van der Waals surface area (Å²) in [5.74, 6) is 1.99. The summed E-state index contributed by atoms with van der Waals surface area (Å²) in [5.41, 5.74) is 2.99. The molecular formula is C26H26N4O4. The number of nitrogens with zero attached hydrogens (tertiary/aromatic N) is 3. The highest BCUT2D eigenvalue weighted by atomic mass is 16.5. The van der Waals surface area contributed by atoms with Crippen molar-refractivity contribution in [3.8, 4) is 17.3 Å². The molecule has 174 valence electrons. The molecule has 4 aromatic rings. The quantitative estimate of drug-likeness (QED) is 0.386. The zero-order chi connectivity index (χ0) is 24.2. The van der Waals surface area contributed by atoms with Crippen molar-refractivity contribution < 1.29 is 19.1 Å². The van der Waals surface area contributed by atoms with Crippen molar-refractivity contribution in [2.75, 3.05) is 19.5 Å². The maximum atomic E-state index is 12.7. The van der Waals surface area contributed by atoms with Crippen LogP contribution >= 0.6 is 0 Å². The molecule has 0 bridgehead atoms. The van der Waals surface area contributed by atoms with Crippen molar-refractivity contribution in [2.45, 2.75) is 26.7 Å². The van der Waals surface area contributed by atoms with Crippen molar-refractivity contribution in [1.82, 2.24) is 14.8 Å². The van der Waals surface area contributed by atoms with Gasteiger partial charge in [0.2, 0.25) is 5.91 Å². The van der Waals surface area contributed by atoms with Gasteiger partial charge < -0.3 is 14.8 Å². The van der Waals surface area contributed by atoms with Gasteiger partial charge in [0, 0.05) is 29.9 Å². The molecule has 8 heteroatoms. The van der Waals surface area contributed by atoms with Crippen molar-refractivity contribution in [3.05, 3.63) is 71.4 Å². The number of ketones is 1. The van der Waals surface area contributed by atoms with Gasteiger partial charge in [-0.15, -0.1) is 0 Å². The third-order valence-corrected chi connectivity index (χ3v) is 5.52. The first-order valence-corrected chi connectivity index (χ1v) is 10.9. The Morgan fingerprint density at radius 2 is 1.74 bits per heavy atom. The summed E-state index contributed by atoms with van der Waals surface area (Å²) in [7, 11) is 3.17. The van der Waals surface area contributed by atoms with Crippen LogP contribution in [-0.2, 0) is 4.79 Å². The van der Waals surface area contributed by atoms with Gasteiger partial charge in [0.05, 0.1) is 19.9 Å². The number of anilines is 1. The summed E-state index contributed by atoms with van der Waals surface area (Å²) in [5, 5.41) is 8.37. The van der Waals surface area contributed by atoms with Gasteiger partial charge in [-0.1, -0.05) is 12.1 Å². The number of rotatable bonds is 8. The molecule has 0 radical (unpaired) electrons. The van der Waals surface area contributed by atoms with E-state index < -0.39 is 0 Å². The fraction of sp³-hybridized carbons (Fsp3) is 0.231. The van der Waals surface area contributed by atoms with Crippen LogP contribution in [0.5, 0.6) is 11.5 Å². The smallest absolute Gasteiger partial charge is 0.225 e. The molecule has 34 heavy (non-hydrogen) atoms. The number of hydrogen-bond donors (Lipinski definition) is 1. The fourth-order valence-corrected chi connectivity index (χ4v) is 3.76. The van der Waals surface area contributed by atoms with E-state index in [4.69, 9.17) is 14.5 Å². The number of Topliss-reactive ketones (excluding diaryl/α,β-unsaturated/α-hetero) is 1. The number of hydrogen-bond acceptors (Lipinski definition) is 6. The molecule has 2 aromatic carbocycles. The Kier molecular flexibility index (Phi) is 6.58. The van der Waals surface area contributed by atoms with Crippen LogP contribution < -0.4 is 14.8 Å². The summed E-state index contributed by atoms with van der Waals surface area (Å²) in [6.07, 6.45) is 0.142. The van der Waals surface area contributed by atoms with Crippen molar-refractivity contribution in [3.63, 3.8) is 0 Å². The van der Waals surface area contributed by atoms with Gasteiger partial charge >= 0.3 is 0 Å². The third-order valence-electron chi connectivity index (χ3n) is 5.52. The highest BCUT2D eigenvalue weighted by Gasteiger charge is 2.16. The molecule has 2 heterocycles. The SMILES string of the molecule is COc1ccc(C(=O)CCC(=O)Nc2cc(C)nn2-c2cc(C)c3cccc(OC)c3n2)cc1. The van der Waals surface area contributed by atoms with Crippen LogP contribution in [-0.4, -0.2) is 40.7 Å². The predicted molar refractivity (Wildman–Crippen MR) is 130 cm³/mol. The number of aromatic nitrogens is 3. The standard InChI is InChI=1S/C26H26N4O4/c1-16-14-23(28-26-20(16)6-5-7-22(26)34-4)30-24(15-17(2)29-30)27-25(32)13-12-21(31)18-8-10-19(33-3)11-9-18/h5-11,14-15H,12-13H2,1-4H3,(H,27,32). The van der Waals surface area contributed by atoms with Gasteiger partial charge in [-0.3, -0.25) is 9.59 Å². The normalized spacial score (nSPS) is 10.8. The number of ether oxygens (including phenoxy) is 2. The average Bonchev–Trinajstić information content (AvgIpc) is 3.21. The molecule has 8 nitrogen and oxygen atoms in total. The van der Waals surface area contributed by atoms with Crippen LogP contribution in [0.4, 0.5) is 5.82 Å². The van der Waals surface area contributed by atoms with E-state index in [0.29, 0.717) is 28.7 Å². The molecule has 0 fully saturated rings. The number of carbonyl (C=O) groups excluding carboxylic acids is 2. The topological polar surface area (TPSA) is 95.3 Å². The first-order chi connectivity index (χ1) is 16.4. The molecule has 0 saturated heterocycles. The molecule has 0 spiro atoms. The number of benzene rings is 2. The summed E-state index contributed by atoms with van der Waals surface area (Å²) in [4.78, 5) is 29.9. The van der Waals surface area contributed by atoms with Gasteiger partial charge in [0.1, 0.15) is 22.8 Å². The van der Waals surface area contributed by atoms with Crippen LogP contribution in [0.3, 0.4) is 0 Å². The van der Waals surface area contributed by atoms with Crippen LogP contribution in [0.25, 0.3) is 16.7 Å². The lowest BCUT2D eigenvalue weighted by atomic mass is 10.1. The number of pyridine rings is 1. The zero-order valence-electron chi connectivity index (χ0n) is 19.6. The molecule has 0 saturated carbocycles. The second kappa shape index (κ2) is 9.74. The Morgan fingerprint density at radius 1 is 0.971 bits per heavy atom. The minimum absolute atomic E-state index is 0.0487. The first kappa shape index (κ1) is 23.0. The average molecular weight is 459 g/mol. The predicted octanol–water partition coefficient (Wildman–Crippen LogP) is 4.66. The summed E-state index contributed by atoms with van der Waals surface area (Å²) in [6, 6.07) is 16.3. The lowest BCUT2D eigenvalue weighted by Gasteiger charge is -2.12. The largest absolute Gasteiger partial charge is 0.497 e. The number of amides is 1. The highest BCUT2D eigenvalue weighted by Crippen LogP contribution is 2.28. The lowest BCUT2D eigenvalue weighted by molar-refractivity contribution is -0.116. The second-order valence-electron chi connectivity index (χ2n) is 7.94. The van der Waals surface area contributed by atoms with Crippen molar-refractivity contribution in [1.29, 1.82) is 0 Å². The monoisotopic (exact) mass is 458 g/mol. The number of carbonyl (C=O) groups is 2. The Bertz CT molecular complexity index is 1360. The highest BCUT2D eigenvalue weighted by molar-refractivity contribution is 6.00. The van der Waals surface area contributed by atoms with Gasteiger partial charge in [-0.25, -0.2) is 4.98 Å². The number of methoxy groups -OCH3 is 2. The van der Waals surface area contributed by atoms with Crippen LogP contribution in [0.1, 0.15) is 34.5 Å². The summed E-state index contributed by atoms with van der Waals surface area (Å²) in [6.45, 7) is 3.83. The minimum Gasteiger partial charge on any atom is -0.497 e. The van der Waals surface area contributed by atoms with Crippen LogP contribution in [0.2, 0.25) is 0 Å². The zero-order valence-corrected chi connectivity index (χ0v) is 19.6. The summed E-state index contributed by atoms with van der Waals surface area (Å²) < 4.78 is 12.2. The molecule has 0 atom stereocenters. The van der Waals surface area contributed by atoms with Crippen molar-refractivity contribution in [2.24, 2.45) is 0 Å². The van der Waals surface area contributed by atoms with E-state index in [1.165, 1.54) is 0 Å². The van der Waals surface area contributed by atoms with Crippen LogP contribution in [0.15, 0.2) is 54.6 Å².